The molecule has 0 saturated heterocycles. The predicted octanol–water partition coefficient (Wildman–Crippen LogP) is 3.35. The van der Waals surface area contributed by atoms with Crippen LogP contribution in [0, 0.1) is 0 Å². The fourth-order valence-electron chi connectivity index (χ4n) is 1.99. The van der Waals surface area contributed by atoms with Crippen LogP contribution in [0.25, 0.3) is 0 Å². The topological polar surface area (TPSA) is 29.9 Å². The predicted molar refractivity (Wildman–Crippen MR) is 73.0 cm³/mol. The largest absolute Gasteiger partial charge is 0.311 e. The van der Waals surface area contributed by atoms with E-state index < -0.39 is 0 Å². The molecular weight excluding hydrogens is 210 g/mol. The Morgan fingerprint density at radius 3 is 2.71 bits per heavy atom. The van der Waals surface area contributed by atoms with Crippen LogP contribution in [0.2, 0.25) is 0 Å². The molecule has 0 spiro atoms. The Morgan fingerprint density at radius 2 is 1.94 bits per heavy atom. The average Bonchev–Trinajstić information content (AvgIpc) is 2.76. The highest BCUT2D eigenvalue weighted by Crippen LogP contribution is 2.02. The maximum absolute atomic E-state index is 4.32. The summed E-state index contributed by atoms with van der Waals surface area (Å²) in [6, 6.07) is 2.11. The molecule has 0 aliphatic heterocycles. The van der Waals surface area contributed by atoms with Crippen molar-refractivity contribution >= 4 is 0 Å². The number of nitrogens with zero attached hydrogens (tertiary/aromatic N) is 2. The molecule has 1 aromatic heterocycles. The van der Waals surface area contributed by atoms with Gasteiger partial charge in [-0.05, 0) is 25.5 Å². The second kappa shape index (κ2) is 9.23. The second-order valence-corrected chi connectivity index (χ2v) is 4.64. The van der Waals surface area contributed by atoms with E-state index in [-0.39, 0.29) is 0 Å². The van der Waals surface area contributed by atoms with Gasteiger partial charge < -0.3 is 5.32 Å². The van der Waals surface area contributed by atoms with Crippen LogP contribution in [0.1, 0.15) is 58.1 Å². The van der Waals surface area contributed by atoms with Crippen molar-refractivity contribution in [2.45, 2.75) is 65.5 Å². The molecule has 17 heavy (non-hydrogen) atoms. The number of unbranched alkanes of at least 4 members (excludes halogenated alkanes) is 4. The summed E-state index contributed by atoms with van der Waals surface area (Å²) < 4.78 is 2.10. The molecule has 98 valence electrons. The van der Waals surface area contributed by atoms with E-state index >= 15 is 0 Å². The monoisotopic (exact) mass is 237 g/mol. The molecule has 0 aromatic carbocycles. The normalized spacial score (nSPS) is 10.9. The zero-order valence-electron chi connectivity index (χ0n) is 11.4. The van der Waals surface area contributed by atoms with Gasteiger partial charge in [-0.3, -0.25) is 4.68 Å². The number of hydrogen-bond donors (Lipinski definition) is 1. The molecule has 0 aliphatic carbocycles. The molecule has 3 nitrogen and oxygen atoms in total. The smallest absolute Gasteiger partial charge is 0.0522 e. The number of aryl methyl sites for hydroxylation is 1. The number of nitrogens with one attached hydrogen (secondary N) is 1. The highest BCUT2D eigenvalue weighted by Gasteiger charge is 2.00. The third-order valence-corrected chi connectivity index (χ3v) is 3.00. The lowest BCUT2D eigenvalue weighted by molar-refractivity contribution is 0.535. The molecule has 3 heteroatoms. The Labute approximate surface area is 106 Å². The maximum Gasteiger partial charge on any atom is 0.0522 e. The zero-order chi connectivity index (χ0) is 12.3. The minimum atomic E-state index is 0.952. The fourth-order valence-corrected chi connectivity index (χ4v) is 1.99. The van der Waals surface area contributed by atoms with E-state index in [1.54, 1.807) is 0 Å². The molecule has 1 aromatic rings. The van der Waals surface area contributed by atoms with Crippen LogP contribution in [-0.2, 0) is 13.1 Å². The first kappa shape index (κ1) is 14.2. The SMILES string of the molecule is CCCCCCCNCc1ccnn1CCC. The first-order valence-corrected chi connectivity index (χ1v) is 7.09. The molecule has 0 unspecified atom stereocenters. The van der Waals surface area contributed by atoms with Crippen LogP contribution in [-0.4, -0.2) is 16.3 Å². The van der Waals surface area contributed by atoms with Crippen LogP contribution in [0.4, 0.5) is 0 Å². The first-order chi connectivity index (χ1) is 8.38. The molecule has 0 radical (unpaired) electrons. The third kappa shape index (κ3) is 5.87. The van der Waals surface area contributed by atoms with Gasteiger partial charge in [0.2, 0.25) is 0 Å². The lowest BCUT2D eigenvalue weighted by atomic mass is 10.1. The molecule has 1 N–H and O–H groups in total. The Morgan fingerprint density at radius 1 is 1.12 bits per heavy atom. The molecule has 1 heterocycles. The summed E-state index contributed by atoms with van der Waals surface area (Å²) in [4.78, 5) is 0. The zero-order valence-corrected chi connectivity index (χ0v) is 11.4. The Hall–Kier alpha value is -0.830. The molecule has 0 saturated carbocycles. The molecule has 0 fully saturated rings. The summed E-state index contributed by atoms with van der Waals surface area (Å²) in [5.41, 5.74) is 1.31. The van der Waals surface area contributed by atoms with Crippen LogP contribution < -0.4 is 5.32 Å². The van der Waals surface area contributed by atoms with Gasteiger partial charge in [0.05, 0.1) is 5.69 Å². The quantitative estimate of drug-likeness (QED) is 0.632. The van der Waals surface area contributed by atoms with Gasteiger partial charge in [-0.2, -0.15) is 5.10 Å². The van der Waals surface area contributed by atoms with Crippen LogP contribution in [0.3, 0.4) is 0 Å². The summed E-state index contributed by atoms with van der Waals surface area (Å²) >= 11 is 0. The number of aromatic nitrogens is 2. The van der Waals surface area contributed by atoms with E-state index in [1.807, 2.05) is 6.20 Å². The summed E-state index contributed by atoms with van der Waals surface area (Å²) in [5.74, 6) is 0. The minimum Gasteiger partial charge on any atom is -0.311 e. The third-order valence-electron chi connectivity index (χ3n) is 3.00. The second-order valence-electron chi connectivity index (χ2n) is 4.64. The summed E-state index contributed by atoms with van der Waals surface area (Å²) in [5, 5.41) is 7.82. The average molecular weight is 237 g/mol. The van der Waals surface area contributed by atoms with E-state index in [9.17, 15) is 0 Å². The molecule has 0 atom stereocenters. The van der Waals surface area contributed by atoms with E-state index in [0.29, 0.717) is 0 Å². The van der Waals surface area contributed by atoms with Crippen molar-refractivity contribution in [2.24, 2.45) is 0 Å². The van der Waals surface area contributed by atoms with Crippen molar-refractivity contribution in [1.82, 2.24) is 15.1 Å². The standard InChI is InChI=1S/C14H27N3/c1-3-5-6-7-8-10-15-13-14-9-11-16-17(14)12-4-2/h9,11,15H,3-8,10,12-13H2,1-2H3. The van der Waals surface area contributed by atoms with Gasteiger partial charge in [-0.25, -0.2) is 0 Å². The summed E-state index contributed by atoms with van der Waals surface area (Å²) in [6.07, 6.45) is 9.77. The number of hydrogen-bond acceptors (Lipinski definition) is 2. The Bertz CT molecular complexity index is 281. The maximum atomic E-state index is 4.32. The van der Waals surface area contributed by atoms with Crippen LogP contribution in [0.5, 0.6) is 0 Å². The number of rotatable bonds is 10. The molecule has 0 aliphatic rings. The van der Waals surface area contributed by atoms with Gasteiger partial charge in [0.1, 0.15) is 0 Å². The van der Waals surface area contributed by atoms with Crippen molar-refractivity contribution in [3.63, 3.8) is 0 Å². The first-order valence-electron chi connectivity index (χ1n) is 7.09. The van der Waals surface area contributed by atoms with Gasteiger partial charge in [0.15, 0.2) is 0 Å². The van der Waals surface area contributed by atoms with Crippen LogP contribution >= 0.6 is 0 Å². The Balaban J connectivity index is 2.07. The van der Waals surface area contributed by atoms with Crippen molar-refractivity contribution < 1.29 is 0 Å². The highest BCUT2D eigenvalue weighted by molar-refractivity contribution is 4.99. The molecule has 0 amide bonds. The summed E-state index contributed by atoms with van der Waals surface area (Å²) in [6.45, 7) is 7.55. The van der Waals surface area contributed by atoms with Crippen molar-refractivity contribution in [2.75, 3.05) is 6.54 Å². The van der Waals surface area contributed by atoms with E-state index in [1.165, 1.54) is 37.8 Å². The van der Waals surface area contributed by atoms with E-state index in [4.69, 9.17) is 0 Å². The molecule has 1 rings (SSSR count). The lowest BCUT2D eigenvalue weighted by Gasteiger charge is -2.07. The van der Waals surface area contributed by atoms with Crippen LogP contribution in [0.15, 0.2) is 12.3 Å². The minimum absolute atomic E-state index is 0.952. The van der Waals surface area contributed by atoms with Crippen molar-refractivity contribution in [1.29, 1.82) is 0 Å². The fraction of sp³-hybridized carbons (Fsp3) is 0.786. The van der Waals surface area contributed by atoms with Gasteiger partial charge in [0.25, 0.3) is 0 Å². The van der Waals surface area contributed by atoms with Crippen molar-refractivity contribution in [3.05, 3.63) is 18.0 Å². The van der Waals surface area contributed by atoms with E-state index in [2.05, 4.69) is 35.0 Å². The highest BCUT2D eigenvalue weighted by atomic mass is 15.3. The van der Waals surface area contributed by atoms with E-state index in [0.717, 1.165) is 26.1 Å². The summed E-state index contributed by atoms with van der Waals surface area (Å²) in [7, 11) is 0. The molecular formula is C14H27N3. The lowest BCUT2D eigenvalue weighted by Crippen LogP contribution is -2.18. The van der Waals surface area contributed by atoms with Gasteiger partial charge in [-0.15, -0.1) is 0 Å². The Kier molecular flexibility index (Phi) is 7.72. The van der Waals surface area contributed by atoms with Crippen molar-refractivity contribution in [3.8, 4) is 0 Å². The van der Waals surface area contributed by atoms with Gasteiger partial charge >= 0.3 is 0 Å². The van der Waals surface area contributed by atoms with Gasteiger partial charge in [-0.1, -0.05) is 39.5 Å². The van der Waals surface area contributed by atoms with Gasteiger partial charge in [0, 0.05) is 19.3 Å². The molecule has 0 bridgehead atoms.